The molecule has 0 spiro atoms. The predicted molar refractivity (Wildman–Crippen MR) is 90.5 cm³/mol. The summed E-state index contributed by atoms with van der Waals surface area (Å²) < 4.78 is 0. The lowest BCUT2D eigenvalue weighted by Crippen LogP contribution is -2.42. The van der Waals surface area contributed by atoms with E-state index in [1.807, 2.05) is 12.1 Å². The number of halogens is 1. The molecule has 1 saturated heterocycles. The first-order valence-corrected chi connectivity index (χ1v) is 7.96. The smallest absolute Gasteiger partial charge is 0.224 e. The number of benzene rings is 1. The molecule has 6 heteroatoms. The van der Waals surface area contributed by atoms with Gasteiger partial charge in [0.1, 0.15) is 6.07 Å². The molecule has 1 atom stereocenters. The van der Waals surface area contributed by atoms with Gasteiger partial charge >= 0.3 is 0 Å². The summed E-state index contributed by atoms with van der Waals surface area (Å²) in [5.41, 5.74) is 2.14. The quantitative estimate of drug-likeness (QED) is 0.920. The number of piperidine rings is 1. The molecular formula is C17H17ClN4O. The van der Waals surface area contributed by atoms with Crippen LogP contribution in [0.4, 0.5) is 5.69 Å². The summed E-state index contributed by atoms with van der Waals surface area (Å²) in [5.74, 6) is -0.0210. The molecule has 1 aliphatic rings. The van der Waals surface area contributed by atoms with Crippen LogP contribution in [-0.2, 0) is 4.79 Å². The van der Waals surface area contributed by atoms with E-state index in [0.29, 0.717) is 17.1 Å². The summed E-state index contributed by atoms with van der Waals surface area (Å²) in [6.45, 7) is 1.41. The molecule has 3 rings (SSSR count). The number of nitrogens with zero attached hydrogens (tertiary/aromatic N) is 3. The topological polar surface area (TPSA) is 69.0 Å². The molecule has 1 amide bonds. The second-order valence-electron chi connectivity index (χ2n) is 5.69. The van der Waals surface area contributed by atoms with Crippen LogP contribution >= 0.6 is 11.6 Å². The monoisotopic (exact) mass is 328 g/mol. The van der Waals surface area contributed by atoms with Gasteiger partial charge < -0.3 is 10.2 Å². The Morgan fingerprint density at radius 1 is 1.52 bits per heavy atom. The summed E-state index contributed by atoms with van der Waals surface area (Å²) in [7, 11) is 1.66. The van der Waals surface area contributed by atoms with E-state index in [1.165, 1.54) is 0 Å². The second kappa shape index (κ2) is 6.43. The minimum Gasteiger partial charge on any atom is -0.369 e. The highest BCUT2D eigenvalue weighted by atomic mass is 35.5. The van der Waals surface area contributed by atoms with Crippen molar-refractivity contribution in [2.24, 2.45) is 5.92 Å². The van der Waals surface area contributed by atoms with Crippen LogP contribution in [0.3, 0.4) is 0 Å². The van der Waals surface area contributed by atoms with E-state index in [9.17, 15) is 10.1 Å². The lowest BCUT2D eigenvalue weighted by Gasteiger charge is -2.34. The Bertz CT molecular complexity index is 799. The number of nitriles is 1. The Kier molecular flexibility index (Phi) is 4.35. The van der Waals surface area contributed by atoms with Gasteiger partial charge in [-0.1, -0.05) is 11.6 Å². The Hall–Kier alpha value is -2.32. The highest BCUT2D eigenvalue weighted by Crippen LogP contribution is 2.33. The number of aromatic nitrogens is 1. The van der Waals surface area contributed by atoms with Gasteiger partial charge in [0.15, 0.2) is 0 Å². The van der Waals surface area contributed by atoms with E-state index in [2.05, 4.69) is 21.3 Å². The molecule has 1 aliphatic heterocycles. The van der Waals surface area contributed by atoms with Crippen LogP contribution in [0.25, 0.3) is 10.9 Å². The largest absolute Gasteiger partial charge is 0.369 e. The molecule has 1 fully saturated rings. The van der Waals surface area contributed by atoms with Crippen molar-refractivity contribution in [3.63, 3.8) is 0 Å². The van der Waals surface area contributed by atoms with Crippen LogP contribution in [0.5, 0.6) is 0 Å². The highest BCUT2D eigenvalue weighted by molar-refractivity contribution is 6.31. The fraction of sp³-hybridized carbons (Fsp3) is 0.353. The van der Waals surface area contributed by atoms with Crippen molar-refractivity contribution in [1.29, 1.82) is 5.26 Å². The molecule has 2 aromatic rings. The highest BCUT2D eigenvalue weighted by Gasteiger charge is 2.27. The molecule has 23 heavy (non-hydrogen) atoms. The van der Waals surface area contributed by atoms with Crippen LogP contribution in [0, 0.1) is 17.2 Å². The fourth-order valence-electron chi connectivity index (χ4n) is 3.17. The summed E-state index contributed by atoms with van der Waals surface area (Å²) >= 11 is 6.13. The fourth-order valence-corrected chi connectivity index (χ4v) is 3.34. The second-order valence-corrected chi connectivity index (χ2v) is 6.13. The van der Waals surface area contributed by atoms with Crippen molar-refractivity contribution < 1.29 is 4.79 Å². The molecule has 0 aliphatic carbocycles. The summed E-state index contributed by atoms with van der Waals surface area (Å²) in [4.78, 5) is 18.4. The number of hydrogen-bond acceptors (Lipinski definition) is 4. The minimum atomic E-state index is -0.0670. The number of carbonyl (C=O) groups is 1. The zero-order chi connectivity index (χ0) is 16.4. The van der Waals surface area contributed by atoms with E-state index in [1.54, 1.807) is 19.3 Å². The first-order valence-electron chi connectivity index (χ1n) is 7.59. The van der Waals surface area contributed by atoms with Crippen molar-refractivity contribution in [2.45, 2.75) is 12.8 Å². The van der Waals surface area contributed by atoms with Gasteiger partial charge in [-0.3, -0.25) is 9.78 Å². The van der Waals surface area contributed by atoms with Gasteiger partial charge in [0.05, 0.1) is 22.7 Å². The number of pyridine rings is 1. The number of hydrogen-bond donors (Lipinski definition) is 1. The molecule has 0 saturated carbocycles. The number of amides is 1. The Morgan fingerprint density at radius 3 is 3.09 bits per heavy atom. The third kappa shape index (κ3) is 2.95. The Balaban J connectivity index is 2.09. The first kappa shape index (κ1) is 15.6. The maximum absolute atomic E-state index is 12.0. The van der Waals surface area contributed by atoms with Crippen LogP contribution in [0.2, 0.25) is 5.02 Å². The maximum atomic E-state index is 12.0. The molecule has 118 valence electrons. The van der Waals surface area contributed by atoms with Crippen molar-refractivity contribution in [3.05, 3.63) is 35.0 Å². The van der Waals surface area contributed by atoms with Crippen molar-refractivity contribution in [1.82, 2.24) is 10.3 Å². The summed E-state index contributed by atoms with van der Waals surface area (Å²) in [6, 6.07) is 7.69. The van der Waals surface area contributed by atoms with Gasteiger partial charge in [-0.15, -0.1) is 0 Å². The van der Waals surface area contributed by atoms with E-state index in [4.69, 9.17) is 11.6 Å². The third-order valence-electron chi connectivity index (χ3n) is 4.28. The normalized spacial score (nSPS) is 17.8. The number of nitrogens with one attached hydrogen (secondary N) is 1. The van der Waals surface area contributed by atoms with Crippen LogP contribution < -0.4 is 10.2 Å². The number of anilines is 1. The molecule has 1 aromatic carbocycles. The summed E-state index contributed by atoms with van der Waals surface area (Å²) in [6.07, 6.45) is 3.37. The van der Waals surface area contributed by atoms with Gasteiger partial charge in [-0.25, -0.2) is 0 Å². The molecule has 1 aromatic heterocycles. The molecule has 5 nitrogen and oxygen atoms in total. The van der Waals surface area contributed by atoms with Gasteiger partial charge in [0, 0.05) is 36.7 Å². The molecule has 0 unspecified atom stereocenters. The third-order valence-corrected chi connectivity index (χ3v) is 4.51. The lowest BCUT2D eigenvalue weighted by molar-refractivity contribution is -0.124. The van der Waals surface area contributed by atoms with Crippen molar-refractivity contribution in [3.8, 4) is 6.07 Å². The molecule has 0 bridgehead atoms. The van der Waals surface area contributed by atoms with E-state index in [-0.39, 0.29) is 11.8 Å². The minimum absolute atomic E-state index is 0.0459. The van der Waals surface area contributed by atoms with Gasteiger partial charge in [-0.2, -0.15) is 5.26 Å². The predicted octanol–water partition coefficient (Wildman–Crippen LogP) is 2.72. The number of fused-ring (bicyclic) bond motifs is 1. The van der Waals surface area contributed by atoms with Crippen LogP contribution in [-0.4, -0.2) is 31.0 Å². The zero-order valence-corrected chi connectivity index (χ0v) is 13.6. The standard InChI is InChI=1S/C17H17ClN4O/c1-20-17(23)11-3-2-6-22(10-11)16-12(8-19)9-21-15-5-4-13(18)7-14(15)16/h4-5,7,9,11H,2-3,6,10H2,1H3,(H,20,23)/t11-/m0/s1. The van der Waals surface area contributed by atoms with E-state index < -0.39 is 0 Å². The van der Waals surface area contributed by atoms with Crippen molar-refractivity contribution >= 4 is 34.1 Å². The zero-order valence-electron chi connectivity index (χ0n) is 12.8. The molecule has 2 heterocycles. The lowest BCUT2D eigenvalue weighted by atomic mass is 9.95. The average Bonchev–Trinajstić information content (AvgIpc) is 2.59. The van der Waals surface area contributed by atoms with Gasteiger partial charge in [-0.05, 0) is 31.0 Å². The Morgan fingerprint density at radius 2 is 2.35 bits per heavy atom. The van der Waals surface area contributed by atoms with E-state index >= 15 is 0 Å². The van der Waals surface area contributed by atoms with Gasteiger partial charge in [0.2, 0.25) is 5.91 Å². The average molecular weight is 329 g/mol. The SMILES string of the molecule is CNC(=O)[C@H]1CCCN(c2c(C#N)cnc3ccc(Cl)cc23)C1. The van der Waals surface area contributed by atoms with Crippen LogP contribution in [0.15, 0.2) is 24.4 Å². The first-order chi connectivity index (χ1) is 11.1. The molecule has 1 N–H and O–H groups in total. The van der Waals surface area contributed by atoms with E-state index in [0.717, 1.165) is 36.0 Å². The molecular weight excluding hydrogens is 312 g/mol. The number of carbonyl (C=O) groups excluding carboxylic acids is 1. The maximum Gasteiger partial charge on any atom is 0.224 e. The van der Waals surface area contributed by atoms with Gasteiger partial charge in [0.25, 0.3) is 0 Å². The molecule has 0 radical (unpaired) electrons. The van der Waals surface area contributed by atoms with Crippen molar-refractivity contribution in [2.75, 3.05) is 25.0 Å². The number of rotatable bonds is 2. The Labute approximate surface area is 139 Å². The van der Waals surface area contributed by atoms with Crippen LogP contribution in [0.1, 0.15) is 18.4 Å². The summed E-state index contributed by atoms with van der Waals surface area (Å²) in [5, 5.41) is 13.7.